The van der Waals surface area contributed by atoms with E-state index in [1.165, 1.54) is 6.07 Å². The molecular formula is C13H17F4NO. The summed E-state index contributed by atoms with van der Waals surface area (Å²) < 4.78 is 55.7. The second-order valence-electron chi connectivity index (χ2n) is 4.21. The Bertz CT molecular complexity index is 406. The monoisotopic (exact) mass is 279 g/mol. The third-order valence-electron chi connectivity index (χ3n) is 2.89. The lowest BCUT2D eigenvalue weighted by Crippen LogP contribution is -2.18. The van der Waals surface area contributed by atoms with Crippen LogP contribution < -0.4 is 5.32 Å². The predicted octanol–water partition coefficient (Wildman–Crippen LogP) is 3.53. The van der Waals surface area contributed by atoms with E-state index in [2.05, 4.69) is 5.32 Å². The topological polar surface area (TPSA) is 21.3 Å². The number of ether oxygens (including phenoxy) is 1. The van der Waals surface area contributed by atoms with Crippen molar-refractivity contribution >= 4 is 0 Å². The minimum absolute atomic E-state index is 0.188. The van der Waals surface area contributed by atoms with E-state index in [0.717, 1.165) is 18.6 Å². The number of rotatable bonds is 6. The van der Waals surface area contributed by atoms with E-state index in [9.17, 15) is 17.6 Å². The van der Waals surface area contributed by atoms with Gasteiger partial charge in [0, 0.05) is 19.8 Å². The van der Waals surface area contributed by atoms with Gasteiger partial charge in [-0.15, -0.1) is 0 Å². The van der Waals surface area contributed by atoms with Gasteiger partial charge in [-0.1, -0.05) is 6.07 Å². The van der Waals surface area contributed by atoms with Crippen molar-refractivity contribution in [1.82, 2.24) is 5.32 Å². The highest BCUT2D eigenvalue weighted by Crippen LogP contribution is 2.32. The van der Waals surface area contributed by atoms with E-state index in [-0.39, 0.29) is 6.04 Å². The molecule has 6 heteroatoms. The van der Waals surface area contributed by atoms with Crippen molar-refractivity contribution in [3.05, 3.63) is 35.1 Å². The molecule has 0 bridgehead atoms. The van der Waals surface area contributed by atoms with Crippen molar-refractivity contribution in [2.24, 2.45) is 0 Å². The van der Waals surface area contributed by atoms with Crippen LogP contribution in [-0.2, 0) is 10.9 Å². The average Bonchev–Trinajstić information content (AvgIpc) is 2.33. The fourth-order valence-corrected chi connectivity index (χ4v) is 1.89. The Kier molecular flexibility index (Phi) is 5.75. The molecule has 2 nitrogen and oxygen atoms in total. The highest BCUT2D eigenvalue weighted by atomic mass is 19.4. The second kappa shape index (κ2) is 6.86. The third-order valence-corrected chi connectivity index (χ3v) is 2.89. The smallest absolute Gasteiger partial charge is 0.385 e. The first-order chi connectivity index (χ1) is 8.90. The van der Waals surface area contributed by atoms with Gasteiger partial charge in [-0.2, -0.15) is 13.2 Å². The first kappa shape index (κ1) is 15.9. The van der Waals surface area contributed by atoms with Crippen molar-refractivity contribution in [1.29, 1.82) is 0 Å². The first-order valence-corrected chi connectivity index (χ1v) is 5.93. The normalized spacial score (nSPS) is 13.6. The van der Waals surface area contributed by atoms with E-state index in [1.807, 2.05) is 0 Å². The third kappa shape index (κ3) is 4.47. The van der Waals surface area contributed by atoms with E-state index in [0.29, 0.717) is 18.6 Å². The van der Waals surface area contributed by atoms with Crippen LogP contribution in [0.25, 0.3) is 0 Å². The summed E-state index contributed by atoms with van der Waals surface area (Å²) >= 11 is 0. The molecule has 1 N–H and O–H groups in total. The Morgan fingerprint density at radius 1 is 1.32 bits per heavy atom. The molecule has 0 spiro atoms. The van der Waals surface area contributed by atoms with Crippen LogP contribution in [-0.4, -0.2) is 20.8 Å². The molecule has 0 aliphatic heterocycles. The standard InChI is InChI=1S/C13H17F4NO/c1-18-12(4-3-7-19-2)9-5-6-10(11(14)8-9)13(15,16)17/h5-6,8,12,18H,3-4,7H2,1-2H3. The lowest BCUT2D eigenvalue weighted by Gasteiger charge is -2.18. The maximum Gasteiger partial charge on any atom is 0.419 e. The van der Waals surface area contributed by atoms with Crippen LogP contribution in [0.15, 0.2) is 18.2 Å². The molecule has 1 rings (SSSR count). The van der Waals surface area contributed by atoms with E-state index < -0.39 is 17.6 Å². The fraction of sp³-hybridized carbons (Fsp3) is 0.538. The number of alkyl halides is 3. The molecule has 0 saturated heterocycles. The summed E-state index contributed by atoms with van der Waals surface area (Å²) in [6, 6.07) is 2.84. The zero-order chi connectivity index (χ0) is 14.5. The maximum atomic E-state index is 13.5. The summed E-state index contributed by atoms with van der Waals surface area (Å²) in [5.41, 5.74) is -0.730. The summed E-state index contributed by atoms with van der Waals surface area (Å²) in [4.78, 5) is 0. The minimum Gasteiger partial charge on any atom is -0.385 e. The Hall–Kier alpha value is -1.14. The zero-order valence-electron chi connectivity index (χ0n) is 10.9. The molecule has 1 unspecified atom stereocenters. The number of hydrogen-bond acceptors (Lipinski definition) is 2. The molecule has 19 heavy (non-hydrogen) atoms. The number of halogens is 4. The van der Waals surface area contributed by atoms with E-state index >= 15 is 0 Å². The maximum absolute atomic E-state index is 13.5. The molecule has 1 aromatic rings. The predicted molar refractivity (Wildman–Crippen MR) is 64.3 cm³/mol. The van der Waals surface area contributed by atoms with Crippen LogP contribution in [0.4, 0.5) is 17.6 Å². The van der Waals surface area contributed by atoms with Crippen LogP contribution in [0.2, 0.25) is 0 Å². The molecule has 1 aromatic carbocycles. The lowest BCUT2D eigenvalue weighted by atomic mass is 10.0. The van der Waals surface area contributed by atoms with Gasteiger partial charge in [0.05, 0.1) is 5.56 Å². The second-order valence-corrected chi connectivity index (χ2v) is 4.21. The van der Waals surface area contributed by atoms with Gasteiger partial charge in [0.25, 0.3) is 0 Å². The minimum atomic E-state index is -4.66. The number of methoxy groups -OCH3 is 1. The molecule has 1 atom stereocenters. The molecule has 0 aliphatic carbocycles. The molecule has 0 fully saturated rings. The molecule has 108 valence electrons. The Labute approximate surface area is 109 Å². The average molecular weight is 279 g/mol. The van der Waals surface area contributed by atoms with Gasteiger partial charge in [-0.3, -0.25) is 0 Å². The van der Waals surface area contributed by atoms with Crippen LogP contribution in [0.3, 0.4) is 0 Å². The van der Waals surface area contributed by atoms with Crippen LogP contribution in [0.5, 0.6) is 0 Å². The Morgan fingerprint density at radius 3 is 2.47 bits per heavy atom. The molecule has 0 aromatic heterocycles. The largest absolute Gasteiger partial charge is 0.419 e. The van der Waals surface area contributed by atoms with Gasteiger partial charge in [0.2, 0.25) is 0 Å². The highest BCUT2D eigenvalue weighted by Gasteiger charge is 2.34. The first-order valence-electron chi connectivity index (χ1n) is 5.93. The van der Waals surface area contributed by atoms with Gasteiger partial charge < -0.3 is 10.1 Å². The van der Waals surface area contributed by atoms with Crippen LogP contribution >= 0.6 is 0 Å². The summed E-state index contributed by atoms with van der Waals surface area (Å²) in [7, 11) is 3.26. The number of hydrogen-bond donors (Lipinski definition) is 1. The Morgan fingerprint density at radius 2 is 2.00 bits per heavy atom. The quantitative estimate of drug-likeness (QED) is 0.635. The number of nitrogens with one attached hydrogen (secondary N) is 1. The van der Waals surface area contributed by atoms with Gasteiger partial charge >= 0.3 is 6.18 Å². The number of benzene rings is 1. The van der Waals surface area contributed by atoms with Crippen LogP contribution in [0, 0.1) is 5.82 Å². The summed E-state index contributed by atoms with van der Waals surface area (Å²) in [5, 5.41) is 2.96. The molecule has 0 saturated carbocycles. The van der Waals surface area contributed by atoms with Gasteiger partial charge in [-0.25, -0.2) is 4.39 Å². The van der Waals surface area contributed by atoms with Gasteiger partial charge in [0.15, 0.2) is 0 Å². The van der Waals surface area contributed by atoms with Crippen molar-refractivity contribution in [2.75, 3.05) is 20.8 Å². The molecular weight excluding hydrogens is 262 g/mol. The van der Waals surface area contributed by atoms with Crippen molar-refractivity contribution in [3.8, 4) is 0 Å². The molecule has 0 aliphatic rings. The van der Waals surface area contributed by atoms with Gasteiger partial charge in [-0.05, 0) is 37.6 Å². The van der Waals surface area contributed by atoms with E-state index in [1.54, 1.807) is 14.2 Å². The SMILES string of the molecule is CNC(CCCOC)c1ccc(C(F)(F)F)c(F)c1. The molecule has 0 radical (unpaired) electrons. The fourth-order valence-electron chi connectivity index (χ4n) is 1.89. The zero-order valence-corrected chi connectivity index (χ0v) is 10.9. The van der Waals surface area contributed by atoms with E-state index in [4.69, 9.17) is 4.74 Å². The summed E-state index contributed by atoms with van der Waals surface area (Å²) in [5.74, 6) is -1.24. The molecule has 0 amide bonds. The lowest BCUT2D eigenvalue weighted by molar-refractivity contribution is -0.140. The molecule has 0 heterocycles. The van der Waals surface area contributed by atoms with Crippen molar-refractivity contribution in [2.45, 2.75) is 25.1 Å². The van der Waals surface area contributed by atoms with Crippen molar-refractivity contribution < 1.29 is 22.3 Å². The highest BCUT2D eigenvalue weighted by molar-refractivity contribution is 5.28. The Balaban J connectivity index is 2.86. The van der Waals surface area contributed by atoms with Crippen molar-refractivity contribution in [3.63, 3.8) is 0 Å². The summed E-state index contributed by atoms with van der Waals surface area (Å²) in [6.45, 7) is 0.557. The van der Waals surface area contributed by atoms with Crippen LogP contribution in [0.1, 0.15) is 30.0 Å². The van der Waals surface area contributed by atoms with Gasteiger partial charge in [0.1, 0.15) is 5.82 Å². The summed E-state index contributed by atoms with van der Waals surface area (Å²) in [6.07, 6.45) is -3.26.